The monoisotopic (exact) mass is 402 g/mol. The zero-order valence-corrected chi connectivity index (χ0v) is 14.9. The third kappa shape index (κ3) is 4.01. The lowest BCUT2D eigenvalue weighted by atomic mass is 10.2. The molecule has 4 N–H and O–H groups in total. The van der Waals surface area contributed by atoms with Crippen molar-refractivity contribution in [3.05, 3.63) is 35.7 Å². The van der Waals surface area contributed by atoms with Gasteiger partial charge < -0.3 is 24.7 Å². The maximum absolute atomic E-state index is 12.5. The van der Waals surface area contributed by atoms with E-state index in [1.165, 1.54) is 27.9 Å². The molecule has 1 aliphatic heterocycles. The Bertz CT molecular complexity index is 937. The minimum absolute atomic E-state index is 0.0470. The number of fused-ring (bicyclic) bond motifs is 1. The fourth-order valence-corrected chi connectivity index (χ4v) is 3.20. The zero-order valence-electron chi connectivity index (χ0n) is 14.0. The van der Waals surface area contributed by atoms with Crippen molar-refractivity contribution in [2.45, 2.75) is 30.9 Å². The summed E-state index contributed by atoms with van der Waals surface area (Å²) in [4.78, 5) is 38.3. The highest BCUT2D eigenvalue weighted by molar-refractivity contribution is 7.46. The normalized spacial score (nSPS) is 24.4. The molecule has 1 aliphatic rings. The molecule has 0 radical (unpaired) electrons. The summed E-state index contributed by atoms with van der Waals surface area (Å²) in [7, 11) is -4.69. The van der Waals surface area contributed by atoms with Crippen LogP contribution in [0, 0.1) is 0 Å². The first-order valence-corrected chi connectivity index (χ1v) is 9.49. The molecule has 3 heterocycles. The smallest absolute Gasteiger partial charge is 0.394 e. The Morgan fingerprint density at radius 1 is 1.44 bits per heavy atom. The highest BCUT2D eigenvalue weighted by Crippen LogP contribution is 2.38. The van der Waals surface area contributed by atoms with Crippen molar-refractivity contribution in [2.24, 2.45) is 0 Å². The first-order chi connectivity index (χ1) is 12.7. The molecule has 4 atom stereocenters. The van der Waals surface area contributed by atoms with Gasteiger partial charge in [0, 0.05) is 6.42 Å². The second-order valence-electron chi connectivity index (χ2n) is 5.99. The zero-order chi connectivity index (χ0) is 19.8. The molecule has 0 amide bonds. The van der Waals surface area contributed by atoms with Crippen LogP contribution in [-0.4, -0.2) is 64.5 Å². The van der Waals surface area contributed by atoms with Crippen LogP contribution in [0.4, 0.5) is 0 Å². The summed E-state index contributed by atoms with van der Waals surface area (Å²) in [6.45, 7) is 2.74. The van der Waals surface area contributed by atoms with Crippen molar-refractivity contribution < 1.29 is 33.8 Å². The van der Waals surface area contributed by atoms with Gasteiger partial charge in [-0.15, -0.1) is 6.58 Å². The van der Waals surface area contributed by atoms with Crippen LogP contribution in [0.1, 0.15) is 18.7 Å². The number of aliphatic hydroxyl groups excluding tert-OH is 2. The SMILES string of the molecule is C=C[C@@H](CO)n1cnc2c(ncn2[C@H]2CC(O)[C@@H](COP(=O)(O)O)O2)c1=O. The van der Waals surface area contributed by atoms with Gasteiger partial charge in [0.1, 0.15) is 18.7 Å². The first kappa shape index (κ1) is 19.8. The van der Waals surface area contributed by atoms with E-state index >= 15 is 0 Å². The molecule has 0 aliphatic carbocycles. The molecule has 3 rings (SSSR count). The molecule has 27 heavy (non-hydrogen) atoms. The van der Waals surface area contributed by atoms with E-state index in [0.717, 1.165) is 0 Å². The molecule has 0 saturated carbocycles. The molecular weight excluding hydrogens is 383 g/mol. The largest absolute Gasteiger partial charge is 0.469 e. The van der Waals surface area contributed by atoms with Gasteiger partial charge in [0.15, 0.2) is 11.2 Å². The van der Waals surface area contributed by atoms with E-state index in [2.05, 4.69) is 21.1 Å². The molecule has 12 nitrogen and oxygen atoms in total. The van der Waals surface area contributed by atoms with Crippen molar-refractivity contribution >= 4 is 19.0 Å². The van der Waals surface area contributed by atoms with Gasteiger partial charge in [0.2, 0.25) is 0 Å². The van der Waals surface area contributed by atoms with Crippen LogP contribution >= 0.6 is 7.82 Å². The number of aromatic nitrogens is 4. The number of rotatable bonds is 7. The number of imidazole rings is 1. The third-order valence-electron chi connectivity index (χ3n) is 4.25. The molecular formula is C14H19N4O8P. The molecule has 0 bridgehead atoms. The maximum atomic E-state index is 12.5. The number of phosphoric acid groups is 1. The molecule has 1 unspecified atom stereocenters. The lowest BCUT2D eigenvalue weighted by Crippen LogP contribution is -2.26. The lowest BCUT2D eigenvalue weighted by molar-refractivity contribution is -0.0424. The van der Waals surface area contributed by atoms with Crippen molar-refractivity contribution in [1.82, 2.24) is 19.1 Å². The fraction of sp³-hybridized carbons (Fsp3) is 0.500. The van der Waals surface area contributed by atoms with E-state index in [1.807, 2.05) is 0 Å². The Morgan fingerprint density at radius 3 is 2.81 bits per heavy atom. The van der Waals surface area contributed by atoms with Crippen LogP contribution in [0.3, 0.4) is 0 Å². The van der Waals surface area contributed by atoms with Gasteiger partial charge in [-0.2, -0.15) is 0 Å². The second-order valence-corrected chi connectivity index (χ2v) is 7.22. The van der Waals surface area contributed by atoms with Gasteiger partial charge in [0.25, 0.3) is 5.56 Å². The maximum Gasteiger partial charge on any atom is 0.469 e. The van der Waals surface area contributed by atoms with Crippen molar-refractivity contribution in [2.75, 3.05) is 13.2 Å². The number of phosphoric ester groups is 1. The molecule has 0 spiro atoms. The van der Waals surface area contributed by atoms with Gasteiger partial charge in [-0.3, -0.25) is 18.5 Å². The summed E-state index contributed by atoms with van der Waals surface area (Å²) in [5, 5.41) is 19.4. The molecule has 1 saturated heterocycles. The van der Waals surface area contributed by atoms with Gasteiger partial charge in [-0.05, 0) is 0 Å². The topological polar surface area (TPSA) is 169 Å². The van der Waals surface area contributed by atoms with E-state index < -0.39 is 44.5 Å². The Labute approximate surface area is 152 Å². The summed E-state index contributed by atoms with van der Waals surface area (Å²) in [6, 6.07) is -0.640. The molecule has 148 valence electrons. The quantitative estimate of drug-likeness (QED) is 0.335. The first-order valence-electron chi connectivity index (χ1n) is 7.96. The number of nitrogens with zero attached hydrogens (tertiary/aromatic N) is 4. The highest BCUT2D eigenvalue weighted by Gasteiger charge is 2.37. The van der Waals surface area contributed by atoms with Gasteiger partial charge >= 0.3 is 7.82 Å². The molecule has 2 aromatic rings. The fourth-order valence-electron chi connectivity index (χ4n) is 2.85. The summed E-state index contributed by atoms with van der Waals surface area (Å²) in [5.74, 6) is 0. The van der Waals surface area contributed by atoms with Gasteiger partial charge in [-0.25, -0.2) is 14.5 Å². The van der Waals surface area contributed by atoms with Gasteiger partial charge in [0.05, 0.1) is 31.7 Å². The minimum Gasteiger partial charge on any atom is -0.394 e. The number of hydrogen-bond acceptors (Lipinski definition) is 8. The minimum atomic E-state index is -4.69. The summed E-state index contributed by atoms with van der Waals surface area (Å²) < 4.78 is 23.4. The van der Waals surface area contributed by atoms with Crippen LogP contribution in [0.25, 0.3) is 11.2 Å². The predicted molar refractivity (Wildman–Crippen MR) is 90.6 cm³/mol. The van der Waals surface area contributed by atoms with E-state index in [4.69, 9.17) is 14.5 Å². The van der Waals surface area contributed by atoms with Crippen LogP contribution in [-0.2, 0) is 13.8 Å². The average Bonchev–Trinajstić information content (AvgIpc) is 3.19. The van der Waals surface area contributed by atoms with Crippen LogP contribution in [0.5, 0.6) is 0 Å². The Morgan fingerprint density at radius 2 is 2.19 bits per heavy atom. The molecule has 1 fully saturated rings. The summed E-state index contributed by atoms with van der Waals surface area (Å²) in [5.41, 5.74) is -0.214. The number of hydrogen-bond donors (Lipinski definition) is 4. The molecule has 13 heteroatoms. The predicted octanol–water partition coefficient (Wildman–Crippen LogP) is -0.930. The Balaban J connectivity index is 1.86. The third-order valence-corrected chi connectivity index (χ3v) is 4.73. The average molecular weight is 402 g/mol. The lowest BCUT2D eigenvalue weighted by Gasteiger charge is -2.16. The Hall–Kier alpha value is -1.92. The van der Waals surface area contributed by atoms with Crippen molar-refractivity contribution in [1.29, 1.82) is 0 Å². The van der Waals surface area contributed by atoms with Crippen LogP contribution < -0.4 is 5.56 Å². The summed E-state index contributed by atoms with van der Waals surface area (Å²) in [6.07, 6.45) is 1.36. The Kier molecular flexibility index (Phi) is 5.58. The van der Waals surface area contributed by atoms with Crippen molar-refractivity contribution in [3.8, 4) is 0 Å². The number of ether oxygens (including phenoxy) is 1. The van der Waals surface area contributed by atoms with E-state index in [1.54, 1.807) is 0 Å². The standard InChI is InChI=1S/C14H19N4O8P/c1-2-8(4-19)17-7-16-13-12(14(17)21)15-6-18(13)11-3-9(20)10(26-11)5-25-27(22,23)24/h2,6-11,19-20H,1,3-5H2,(H2,22,23,24)/t8-,9?,10+,11+/m0/s1. The van der Waals surface area contributed by atoms with Crippen molar-refractivity contribution in [3.63, 3.8) is 0 Å². The van der Waals surface area contributed by atoms with E-state index in [0.29, 0.717) is 0 Å². The van der Waals surface area contributed by atoms with Crippen LogP contribution in [0.15, 0.2) is 30.1 Å². The van der Waals surface area contributed by atoms with E-state index in [9.17, 15) is 19.6 Å². The number of aliphatic hydroxyl groups is 2. The van der Waals surface area contributed by atoms with Crippen LogP contribution in [0.2, 0.25) is 0 Å². The molecule has 0 aromatic carbocycles. The molecule has 2 aromatic heterocycles. The summed E-state index contributed by atoms with van der Waals surface area (Å²) >= 11 is 0. The van der Waals surface area contributed by atoms with Gasteiger partial charge in [-0.1, -0.05) is 6.08 Å². The second kappa shape index (κ2) is 7.60. The van der Waals surface area contributed by atoms with E-state index in [-0.39, 0.29) is 24.2 Å². The highest BCUT2D eigenvalue weighted by atomic mass is 31.2.